The Labute approximate surface area is 154 Å². The van der Waals surface area contributed by atoms with Gasteiger partial charge in [0, 0.05) is 26.2 Å². The fourth-order valence-electron chi connectivity index (χ4n) is 3.72. The number of amides is 1. The zero-order valence-corrected chi connectivity index (χ0v) is 16.1. The van der Waals surface area contributed by atoms with Crippen molar-refractivity contribution < 1.29 is 4.79 Å². The van der Waals surface area contributed by atoms with E-state index in [0.29, 0.717) is 11.4 Å². The minimum atomic E-state index is -0.0413. The average molecular weight is 358 g/mol. The number of benzene rings is 1. The van der Waals surface area contributed by atoms with Gasteiger partial charge in [-0.25, -0.2) is 4.98 Å². The molecule has 1 aliphatic rings. The van der Waals surface area contributed by atoms with Crippen LogP contribution in [0, 0.1) is 18.8 Å². The second kappa shape index (κ2) is 8.11. The van der Waals surface area contributed by atoms with Gasteiger partial charge in [-0.1, -0.05) is 38.1 Å². The summed E-state index contributed by atoms with van der Waals surface area (Å²) in [5.41, 5.74) is 4.97. The summed E-state index contributed by atoms with van der Waals surface area (Å²) in [6, 6.07) is 8.60. The number of carbonyl (C=O) groups excluding carboxylic acids is 1. The van der Waals surface area contributed by atoms with E-state index in [-0.39, 0.29) is 5.91 Å². The Bertz CT molecular complexity index is 700. The van der Waals surface area contributed by atoms with Crippen LogP contribution in [0.4, 0.5) is 0 Å². The van der Waals surface area contributed by atoms with Gasteiger partial charge in [0.1, 0.15) is 4.88 Å². The molecular weight excluding hydrogens is 330 g/mol. The van der Waals surface area contributed by atoms with Gasteiger partial charge in [0.15, 0.2) is 0 Å². The summed E-state index contributed by atoms with van der Waals surface area (Å²) < 4.78 is 0. The van der Waals surface area contributed by atoms with Gasteiger partial charge in [-0.3, -0.25) is 9.69 Å². The Hall–Kier alpha value is -1.72. The summed E-state index contributed by atoms with van der Waals surface area (Å²) in [7, 11) is 0. The summed E-state index contributed by atoms with van der Waals surface area (Å²) >= 11 is 1.39. The molecule has 1 amide bonds. The van der Waals surface area contributed by atoms with Gasteiger partial charge in [0.2, 0.25) is 0 Å². The highest BCUT2D eigenvalue weighted by molar-refractivity contribution is 7.11. The van der Waals surface area contributed by atoms with Crippen LogP contribution in [0.1, 0.15) is 46.8 Å². The molecule has 25 heavy (non-hydrogen) atoms. The van der Waals surface area contributed by atoms with Crippen molar-refractivity contribution in [3.05, 3.63) is 51.5 Å². The van der Waals surface area contributed by atoms with Crippen LogP contribution in [0.3, 0.4) is 0 Å². The van der Waals surface area contributed by atoms with Gasteiger partial charge in [-0.2, -0.15) is 0 Å². The largest absolute Gasteiger partial charge is 0.347 e. The standard InChI is InChI=1S/C20H27N3OS/c1-14-8-15(2)11-23(10-14)12-18-6-4-17(5-7-18)9-21-20(24)19-16(3)22-13-25-19/h4-7,13-15H,8-12H2,1-3H3,(H,21,24)/t14-,15+. The van der Waals surface area contributed by atoms with E-state index in [9.17, 15) is 4.79 Å². The molecule has 0 radical (unpaired) electrons. The number of rotatable bonds is 5. The molecule has 134 valence electrons. The molecule has 1 aromatic carbocycles. The van der Waals surface area contributed by atoms with Crippen molar-refractivity contribution in [2.75, 3.05) is 13.1 Å². The number of aromatic nitrogens is 1. The molecule has 0 spiro atoms. The summed E-state index contributed by atoms with van der Waals surface area (Å²) in [6.07, 6.45) is 1.34. The topological polar surface area (TPSA) is 45.2 Å². The number of hydrogen-bond donors (Lipinski definition) is 1. The number of thiazole rings is 1. The molecule has 1 saturated heterocycles. The molecule has 1 N–H and O–H groups in total. The van der Waals surface area contributed by atoms with Crippen molar-refractivity contribution in [1.29, 1.82) is 0 Å². The second-order valence-corrected chi connectivity index (χ2v) is 8.26. The van der Waals surface area contributed by atoms with E-state index in [0.717, 1.165) is 29.6 Å². The molecule has 1 aromatic heterocycles. The van der Waals surface area contributed by atoms with E-state index in [1.54, 1.807) is 5.51 Å². The van der Waals surface area contributed by atoms with Crippen molar-refractivity contribution in [1.82, 2.24) is 15.2 Å². The smallest absolute Gasteiger partial charge is 0.263 e. The maximum Gasteiger partial charge on any atom is 0.263 e. The Balaban J connectivity index is 1.52. The maximum atomic E-state index is 12.1. The van der Waals surface area contributed by atoms with Gasteiger partial charge in [-0.05, 0) is 36.3 Å². The first-order valence-electron chi connectivity index (χ1n) is 8.99. The molecule has 5 heteroatoms. The van der Waals surface area contributed by atoms with Crippen molar-refractivity contribution in [3.63, 3.8) is 0 Å². The first-order valence-corrected chi connectivity index (χ1v) is 9.87. The number of carbonyl (C=O) groups is 1. The van der Waals surface area contributed by atoms with Crippen LogP contribution < -0.4 is 5.32 Å². The highest BCUT2D eigenvalue weighted by Gasteiger charge is 2.21. The van der Waals surface area contributed by atoms with Gasteiger partial charge in [0.25, 0.3) is 5.91 Å². The molecule has 0 saturated carbocycles. The molecule has 2 heterocycles. The third kappa shape index (κ3) is 4.89. The lowest BCUT2D eigenvalue weighted by Crippen LogP contribution is -2.38. The van der Waals surface area contributed by atoms with E-state index in [1.165, 1.54) is 36.4 Å². The third-order valence-electron chi connectivity index (χ3n) is 4.78. The zero-order valence-electron chi connectivity index (χ0n) is 15.3. The lowest BCUT2D eigenvalue weighted by molar-refractivity contribution is 0.0954. The monoisotopic (exact) mass is 357 g/mol. The molecule has 3 rings (SSSR count). The normalized spacial score (nSPS) is 21.2. The lowest BCUT2D eigenvalue weighted by Gasteiger charge is -2.35. The molecule has 1 fully saturated rings. The predicted octanol–water partition coefficient (Wildman–Crippen LogP) is 3.86. The first kappa shape index (κ1) is 18.1. The molecule has 0 aliphatic carbocycles. The SMILES string of the molecule is Cc1ncsc1C(=O)NCc1ccc(CN2C[C@H](C)C[C@H](C)C2)cc1. The minimum absolute atomic E-state index is 0.0413. The lowest BCUT2D eigenvalue weighted by atomic mass is 9.91. The Morgan fingerprint density at radius 1 is 1.20 bits per heavy atom. The molecule has 4 nitrogen and oxygen atoms in total. The number of hydrogen-bond acceptors (Lipinski definition) is 4. The second-order valence-electron chi connectivity index (χ2n) is 7.41. The average Bonchev–Trinajstić information content (AvgIpc) is 2.99. The molecule has 2 atom stereocenters. The van der Waals surface area contributed by atoms with Crippen LogP contribution in [0.25, 0.3) is 0 Å². The highest BCUT2D eigenvalue weighted by Crippen LogP contribution is 2.22. The van der Waals surface area contributed by atoms with Crippen molar-refractivity contribution in [2.45, 2.75) is 40.3 Å². The Morgan fingerprint density at radius 2 is 1.84 bits per heavy atom. The first-order chi connectivity index (χ1) is 12.0. The van der Waals surface area contributed by atoms with Crippen LogP contribution in [0.15, 0.2) is 29.8 Å². The van der Waals surface area contributed by atoms with E-state index < -0.39 is 0 Å². The van der Waals surface area contributed by atoms with E-state index in [2.05, 4.69) is 53.3 Å². The van der Waals surface area contributed by atoms with E-state index in [4.69, 9.17) is 0 Å². The predicted molar refractivity (Wildman–Crippen MR) is 103 cm³/mol. The number of nitrogens with zero attached hydrogens (tertiary/aromatic N) is 2. The van der Waals surface area contributed by atoms with E-state index >= 15 is 0 Å². The van der Waals surface area contributed by atoms with Crippen LogP contribution in [-0.4, -0.2) is 28.9 Å². The van der Waals surface area contributed by atoms with Gasteiger partial charge < -0.3 is 5.32 Å². The van der Waals surface area contributed by atoms with Crippen molar-refractivity contribution in [3.8, 4) is 0 Å². The highest BCUT2D eigenvalue weighted by atomic mass is 32.1. The fourth-order valence-corrected chi connectivity index (χ4v) is 4.44. The van der Waals surface area contributed by atoms with Crippen LogP contribution in [0.5, 0.6) is 0 Å². The van der Waals surface area contributed by atoms with Crippen molar-refractivity contribution in [2.24, 2.45) is 11.8 Å². The summed E-state index contributed by atoms with van der Waals surface area (Å²) in [4.78, 5) is 19.5. The van der Waals surface area contributed by atoms with Crippen LogP contribution in [0.2, 0.25) is 0 Å². The number of piperidine rings is 1. The summed E-state index contributed by atoms with van der Waals surface area (Å²) in [6.45, 7) is 10.5. The zero-order chi connectivity index (χ0) is 17.8. The minimum Gasteiger partial charge on any atom is -0.347 e. The Morgan fingerprint density at radius 3 is 2.44 bits per heavy atom. The molecule has 1 aliphatic heterocycles. The number of likely N-dealkylation sites (tertiary alicyclic amines) is 1. The fraction of sp³-hybridized carbons (Fsp3) is 0.500. The number of nitrogens with one attached hydrogen (secondary N) is 1. The van der Waals surface area contributed by atoms with Crippen LogP contribution in [-0.2, 0) is 13.1 Å². The molecular formula is C20H27N3OS. The third-order valence-corrected chi connectivity index (χ3v) is 5.71. The van der Waals surface area contributed by atoms with E-state index in [1.807, 2.05) is 6.92 Å². The van der Waals surface area contributed by atoms with Crippen molar-refractivity contribution >= 4 is 17.2 Å². The molecule has 0 bridgehead atoms. The quantitative estimate of drug-likeness (QED) is 0.884. The van der Waals surface area contributed by atoms with Gasteiger partial charge >= 0.3 is 0 Å². The van der Waals surface area contributed by atoms with Gasteiger partial charge in [-0.15, -0.1) is 11.3 Å². The van der Waals surface area contributed by atoms with Gasteiger partial charge in [0.05, 0.1) is 11.2 Å². The summed E-state index contributed by atoms with van der Waals surface area (Å²) in [5.74, 6) is 1.53. The molecule has 2 aromatic rings. The summed E-state index contributed by atoms with van der Waals surface area (Å²) in [5, 5.41) is 2.98. The maximum absolute atomic E-state index is 12.1. The Kier molecular flexibility index (Phi) is 5.86. The van der Waals surface area contributed by atoms with Crippen LogP contribution >= 0.6 is 11.3 Å². The molecule has 0 unspecified atom stereocenters. The number of aryl methyl sites for hydroxylation is 1.